The summed E-state index contributed by atoms with van der Waals surface area (Å²) in [5, 5.41) is 6.63. The van der Waals surface area contributed by atoms with Gasteiger partial charge < -0.3 is 4.90 Å². The largest absolute Gasteiger partial charge is 0.333 e. The number of nitrogens with one attached hydrogen (secondary N) is 1. The van der Waals surface area contributed by atoms with E-state index in [9.17, 15) is 4.79 Å². The lowest BCUT2D eigenvalue weighted by Gasteiger charge is -2.33. The number of pyridine rings is 1. The zero-order chi connectivity index (χ0) is 14.7. The number of amides is 1. The van der Waals surface area contributed by atoms with Crippen LogP contribution >= 0.6 is 0 Å². The monoisotopic (exact) mass is 286 g/mol. The highest BCUT2D eigenvalue weighted by Crippen LogP contribution is 2.08. The first-order chi connectivity index (χ1) is 10.2. The van der Waals surface area contributed by atoms with Crippen molar-refractivity contribution in [2.24, 2.45) is 0 Å². The zero-order valence-electron chi connectivity index (χ0n) is 12.0. The van der Waals surface area contributed by atoms with Crippen molar-refractivity contribution in [3.63, 3.8) is 0 Å². The van der Waals surface area contributed by atoms with Gasteiger partial charge in [0.1, 0.15) is 5.82 Å². The van der Waals surface area contributed by atoms with Crippen molar-refractivity contribution < 1.29 is 4.79 Å². The van der Waals surface area contributed by atoms with Crippen LogP contribution in [-0.4, -0.2) is 62.1 Å². The van der Waals surface area contributed by atoms with Crippen molar-refractivity contribution in [3.8, 4) is 0 Å². The summed E-state index contributed by atoms with van der Waals surface area (Å²) in [4.78, 5) is 24.8. The number of H-pyrrole nitrogens is 1. The van der Waals surface area contributed by atoms with Crippen LogP contribution in [0.1, 0.15) is 22.1 Å². The molecule has 0 bridgehead atoms. The Morgan fingerprint density at radius 1 is 1.29 bits per heavy atom. The van der Waals surface area contributed by atoms with Gasteiger partial charge in [-0.25, -0.2) is 4.98 Å². The van der Waals surface area contributed by atoms with Crippen LogP contribution in [0.25, 0.3) is 0 Å². The standard InChI is InChI=1S/C14H18N6O/c1-11-16-13(18-17-11)14(21)20-8-6-19(7-9-20)10-12-4-2-3-5-15-12/h2-5H,6-10H2,1H3,(H,16,17,18). The summed E-state index contributed by atoms with van der Waals surface area (Å²) in [6, 6.07) is 5.93. The second kappa shape index (κ2) is 6.01. The minimum Gasteiger partial charge on any atom is -0.333 e. The van der Waals surface area contributed by atoms with E-state index in [1.165, 1.54) is 0 Å². The average Bonchev–Trinajstić information content (AvgIpc) is 2.95. The van der Waals surface area contributed by atoms with E-state index in [4.69, 9.17) is 0 Å². The molecule has 1 aliphatic rings. The maximum Gasteiger partial charge on any atom is 0.293 e. The Morgan fingerprint density at radius 3 is 2.71 bits per heavy atom. The maximum absolute atomic E-state index is 12.2. The summed E-state index contributed by atoms with van der Waals surface area (Å²) >= 11 is 0. The van der Waals surface area contributed by atoms with Crippen LogP contribution < -0.4 is 0 Å². The van der Waals surface area contributed by atoms with E-state index in [-0.39, 0.29) is 11.7 Å². The van der Waals surface area contributed by atoms with Gasteiger partial charge in [-0.15, -0.1) is 5.10 Å². The molecule has 0 spiro atoms. The molecule has 1 N–H and O–H groups in total. The number of aryl methyl sites for hydroxylation is 1. The molecule has 7 heteroatoms. The summed E-state index contributed by atoms with van der Waals surface area (Å²) in [6.45, 7) is 5.67. The first-order valence-electron chi connectivity index (χ1n) is 7.03. The lowest BCUT2D eigenvalue weighted by Crippen LogP contribution is -2.48. The molecule has 0 aromatic carbocycles. The molecule has 0 aliphatic carbocycles. The molecule has 2 aromatic heterocycles. The first-order valence-corrected chi connectivity index (χ1v) is 7.03. The molecule has 7 nitrogen and oxygen atoms in total. The molecule has 1 fully saturated rings. The molecule has 3 rings (SSSR count). The number of nitrogens with zero attached hydrogens (tertiary/aromatic N) is 5. The van der Waals surface area contributed by atoms with Crippen LogP contribution in [0.3, 0.4) is 0 Å². The van der Waals surface area contributed by atoms with E-state index in [1.807, 2.05) is 18.2 Å². The van der Waals surface area contributed by atoms with Crippen LogP contribution in [0.15, 0.2) is 24.4 Å². The number of rotatable bonds is 3. The van der Waals surface area contributed by atoms with Crippen molar-refractivity contribution >= 4 is 5.91 Å². The van der Waals surface area contributed by atoms with Crippen molar-refractivity contribution in [2.45, 2.75) is 13.5 Å². The van der Waals surface area contributed by atoms with Gasteiger partial charge in [-0.2, -0.15) is 0 Å². The van der Waals surface area contributed by atoms with Gasteiger partial charge in [0.05, 0.1) is 5.69 Å². The normalized spacial score (nSPS) is 16.1. The number of carbonyl (C=O) groups excluding carboxylic acids is 1. The molecule has 1 saturated heterocycles. The third-order valence-corrected chi connectivity index (χ3v) is 3.56. The fourth-order valence-electron chi connectivity index (χ4n) is 2.41. The topological polar surface area (TPSA) is 78.0 Å². The number of carbonyl (C=O) groups is 1. The number of aromatic amines is 1. The van der Waals surface area contributed by atoms with Gasteiger partial charge in [0, 0.05) is 38.9 Å². The van der Waals surface area contributed by atoms with Gasteiger partial charge in [0.25, 0.3) is 5.91 Å². The fourth-order valence-corrected chi connectivity index (χ4v) is 2.41. The van der Waals surface area contributed by atoms with Gasteiger partial charge >= 0.3 is 0 Å². The molecule has 0 saturated carbocycles. The molecular formula is C14H18N6O. The Balaban J connectivity index is 1.54. The highest BCUT2D eigenvalue weighted by atomic mass is 16.2. The number of aromatic nitrogens is 4. The zero-order valence-corrected chi connectivity index (χ0v) is 12.0. The predicted molar refractivity (Wildman–Crippen MR) is 76.5 cm³/mol. The summed E-state index contributed by atoms with van der Waals surface area (Å²) in [6.07, 6.45) is 1.81. The third kappa shape index (κ3) is 3.25. The second-order valence-electron chi connectivity index (χ2n) is 5.13. The van der Waals surface area contributed by atoms with Gasteiger partial charge in [-0.3, -0.25) is 19.8 Å². The third-order valence-electron chi connectivity index (χ3n) is 3.56. The van der Waals surface area contributed by atoms with Crippen LogP contribution in [0.4, 0.5) is 0 Å². The Labute approximate surface area is 123 Å². The first kappa shape index (κ1) is 13.7. The van der Waals surface area contributed by atoms with E-state index >= 15 is 0 Å². The summed E-state index contributed by atoms with van der Waals surface area (Å²) in [7, 11) is 0. The number of hydrogen-bond acceptors (Lipinski definition) is 5. The SMILES string of the molecule is Cc1nc(C(=O)N2CCN(Cc3ccccn3)CC2)n[nH]1. The molecule has 21 heavy (non-hydrogen) atoms. The van der Waals surface area contributed by atoms with Crippen LogP contribution in [0.2, 0.25) is 0 Å². The quantitative estimate of drug-likeness (QED) is 0.887. The molecule has 1 aliphatic heterocycles. The van der Waals surface area contributed by atoms with Gasteiger partial charge in [0.2, 0.25) is 5.82 Å². The van der Waals surface area contributed by atoms with E-state index in [1.54, 1.807) is 18.0 Å². The maximum atomic E-state index is 12.2. The van der Waals surface area contributed by atoms with Gasteiger partial charge in [-0.1, -0.05) is 6.07 Å². The van der Waals surface area contributed by atoms with Crippen LogP contribution in [-0.2, 0) is 6.54 Å². The fraction of sp³-hybridized carbons (Fsp3) is 0.429. The Hall–Kier alpha value is -2.28. The van der Waals surface area contributed by atoms with E-state index in [0.717, 1.165) is 25.3 Å². The molecule has 2 aromatic rings. The predicted octanol–water partition coefficient (Wildman–Crippen LogP) is 0.466. The Bertz CT molecular complexity index is 603. The van der Waals surface area contributed by atoms with Gasteiger partial charge in [0.15, 0.2) is 0 Å². The summed E-state index contributed by atoms with van der Waals surface area (Å²) < 4.78 is 0. The average molecular weight is 286 g/mol. The van der Waals surface area contributed by atoms with Crippen molar-refractivity contribution in [1.29, 1.82) is 0 Å². The minimum absolute atomic E-state index is 0.100. The summed E-state index contributed by atoms with van der Waals surface area (Å²) in [5.41, 5.74) is 1.06. The highest BCUT2D eigenvalue weighted by molar-refractivity contribution is 5.90. The van der Waals surface area contributed by atoms with Crippen LogP contribution in [0, 0.1) is 6.92 Å². The lowest BCUT2D eigenvalue weighted by atomic mass is 10.2. The van der Waals surface area contributed by atoms with Gasteiger partial charge in [-0.05, 0) is 19.1 Å². The van der Waals surface area contributed by atoms with E-state index in [2.05, 4.69) is 25.1 Å². The molecular weight excluding hydrogens is 268 g/mol. The van der Waals surface area contributed by atoms with Crippen molar-refractivity contribution in [1.82, 2.24) is 30.0 Å². The van der Waals surface area contributed by atoms with Crippen molar-refractivity contribution in [3.05, 3.63) is 41.7 Å². The molecule has 0 unspecified atom stereocenters. The molecule has 3 heterocycles. The summed E-state index contributed by atoms with van der Waals surface area (Å²) in [5.74, 6) is 0.814. The number of piperazine rings is 1. The van der Waals surface area contributed by atoms with Crippen LogP contribution in [0.5, 0.6) is 0 Å². The van der Waals surface area contributed by atoms with Crippen molar-refractivity contribution in [2.75, 3.05) is 26.2 Å². The highest BCUT2D eigenvalue weighted by Gasteiger charge is 2.24. The molecule has 110 valence electrons. The molecule has 1 amide bonds. The minimum atomic E-state index is -0.100. The Morgan fingerprint density at radius 2 is 2.10 bits per heavy atom. The molecule has 0 atom stereocenters. The van der Waals surface area contributed by atoms with E-state index in [0.29, 0.717) is 18.9 Å². The smallest absolute Gasteiger partial charge is 0.293 e. The second-order valence-corrected chi connectivity index (χ2v) is 5.13. The lowest BCUT2D eigenvalue weighted by molar-refractivity contribution is 0.0615. The number of hydrogen-bond donors (Lipinski definition) is 1. The Kier molecular flexibility index (Phi) is 3.92. The molecule has 0 radical (unpaired) electrons. The van der Waals surface area contributed by atoms with E-state index < -0.39 is 0 Å².